The number of halogens is 3. The lowest BCUT2D eigenvalue weighted by Gasteiger charge is -2.11. The van der Waals surface area contributed by atoms with Crippen molar-refractivity contribution in [2.75, 3.05) is 5.32 Å². The van der Waals surface area contributed by atoms with Crippen LogP contribution in [0.3, 0.4) is 0 Å². The second-order valence-corrected chi connectivity index (χ2v) is 3.99. The smallest absolute Gasteiger partial charge is 0.478 e. The van der Waals surface area contributed by atoms with Crippen LogP contribution in [0.25, 0.3) is 0 Å². The molecule has 0 bridgehead atoms. The monoisotopic (exact) mass is 301 g/mol. The summed E-state index contributed by atoms with van der Waals surface area (Å²) >= 11 is 0. The molecule has 2 rings (SSSR count). The molecule has 0 atom stereocenters. The first-order valence-corrected chi connectivity index (χ1v) is 5.74. The Morgan fingerprint density at radius 1 is 1.33 bits per heavy atom. The third kappa shape index (κ3) is 4.16. The zero-order valence-corrected chi connectivity index (χ0v) is 10.5. The maximum absolute atomic E-state index is 12.1. The summed E-state index contributed by atoms with van der Waals surface area (Å²) < 4.78 is 45.1. The van der Waals surface area contributed by atoms with E-state index in [4.69, 9.17) is 9.52 Å². The molecule has 1 aromatic carbocycles. The number of carbonyl (C=O) groups is 1. The summed E-state index contributed by atoms with van der Waals surface area (Å²) in [5.74, 6) is -1.34. The number of carboxylic acids is 1. The number of nitrogens with one attached hydrogen (secondary N) is 1. The first-order chi connectivity index (χ1) is 9.85. The van der Waals surface area contributed by atoms with Gasteiger partial charge in [0.25, 0.3) is 0 Å². The average molecular weight is 301 g/mol. The fourth-order valence-electron chi connectivity index (χ4n) is 1.65. The summed E-state index contributed by atoms with van der Waals surface area (Å²) in [4.78, 5) is 10.9. The standard InChI is InChI=1S/C13H10F3NO4/c14-13(15,16)21-9-3-1-2-8(6-9)17-7-11-10(12(18)19)4-5-20-11/h1-6,17H,7H2,(H,18,19). The first-order valence-electron chi connectivity index (χ1n) is 5.74. The number of hydrogen-bond donors (Lipinski definition) is 2. The molecule has 5 nitrogen and oxygen atoms in total. The van der Waals surface area contributed by atoms with E-state index >= 15 is 0 Å². The van der Waals surface area contributed by atoms with E-state index in [1.807, 2.05) is 0 Å². The Morgan fingerprint density at radius 3 is 2.76 bits per heavy atom. The molecule has 0 unspecified atom stereocenters. The number of aromatic carboxylic acids is 1. The van der Waals surface area contributed by atoms with Gasteiger partial charge in [-0.15, -0.1) is 13.2 Å². The van der Waals surface area contributed by atoms with Gasteiger partial charge in [-0.2, -0.15) is 0 Å². The predicted molar refractivity (Wildman–Crippen MR) is 66.1 cm³/mol. The summed E-state index contributed by atoms with van der Waals surface area (Å²) in [6.07, 6.45) is -3.54. The Kier molecular flexibility index (Phi) is 4.06. The zero-order valence-electron chi connectivity index (χ0n) is 10.5. The number of benzene rings is 1. The Labute approximate surface area is 116 Å². The van der Waals surface area contributed by atoms with E-state index in [0.717, 1.165) is 12.1 Å². The normalized spacial score (nSPS) is 11.2. The van der Waals surface area contributed by atoms with Crippen molar-refractivity contribution in [1.82, 2.24) is 0 Å². The molecule has 0 fully saturated rings. The van der Waals surface area contributed by atoms with Crippen LogP contribution in [-0.4, -0.2) is 17.4 Å². The van der Waals surface area contributed by atoms with Crippen molar-refractivity contribution in [3.63, 3.8) is 0 Å². The number of hydrogen-bond acceptors (Lipinski definition) is 4. The van der Waals surface area contributed by atoms with Crippen molar-refractivity contribution < 1.29 is 32.2 Å². The average Bonchev–Trinajstić information content (AvgIpc) is 2.83. The Balaban J connectivity index is 2.05. The minimum absolute atomic E-state index is 0.00908. The van der Waals surface area contributed by atoms with E-state index < -0.39 is 12.3 Å². The molecule has 21 heavy (non-hydrogen) atoms. The van der Waals surface area contributed by atoms with Crippen LogP contribution in [-0.2, 0) is 6.54 Å². The van der Waals surface area contributed by atoms with Crippen LogP contribution in [0.15, 0.2) is 41.0 Å². The second kappa shape index (κ2) is 5.78. The fourth-order valence-corrected chi connectivity index (χ4v) is 1.65. The fraction of sp³-hybridized carbons (Fsp3) is 0.154. The molecule has 112 valence electrons. The number of anilines is 1. The number of furan rings is 1. The number of alkyl halides is 3. The second-order valence-electron chi connectivity index (χ2n) is 3.99. The Hall–Kier alpha value is -2.64. The van der Waals surface area contributed by atoms with Crippen molar-refractivity contribution in [3.05, 3.63) is 47.9 Å². The molecule has 1 heterocycles. The zero-order chi connectivity index (χ0) is 15.5. The summed E-state index contributed by atoms with van der Waals surface area (Å²) in [5, 5.41) is 11.7. The molecule has 0 amide bonds. The topological polar surface area (TPSA) is 71.7 Å². The van der Waals surface area contributed by atoms with E-state index in [9.17, 15) is 18.0 Å². The van der Waals surface area contributed by atoms with E-state index in [1.165, 1.54) is 24.5 Å². The highest BCUT2D eigenvalue weighted by Crippen LogP contribution is 2.25. The Morgan fingerprint density at radius 2 is 2.10 bits per heavy atom. The molecule has 0 spiro atoms. The lowest BCUT2D eigenvalue weighted by atomic mass is 10.2. The molecule has 0 aliphatic rings. The van der Waals surface area contributed by atoms with Gasteiger partial charge in [-0.05, 0) is 18.2 Å². The van der Waals surface area contributed by atoms with Crippen molar-refractivity contribution in [1.29, 1.82) is 0 Å². The largest absolute Gasteiger partial charge is 0.573 e. The lowest BCUT2D eigenvalue weighted by Crippen LogP contribution is -2.17. The van der Waals surface area contributed by atoms with Crippen LogP contribution in [0, 0.1) is 0 Å². The van der Waals surface area contributed by atoms with Crippen molar-refractivity contribution >= 4 is 11.7 Å². The molecule has 0 saturated carbocycles. The minimum Gasteiger partial charge on any atom is -0.478 e. The molecule has 1 aromatic heterocycles. The van der Waals surface area contributed by atoms with Crippen LogP contribution in [0.5, 0.6) is 5.75 Å². The van der Waals surface area contributed by atoms with E-state index in [-0.39, 0.29) is 23.6 Å². The third-order valence-electron chi connectivity index (χ3n) is 2.50. The molecule has 0 aliphatic carbocycles. The molecule has 0 radical (unpaired) electrons. The summed E-state index contributed by atoms with van der Waals surface area (Å²) in [6, 6.07) is 6.50. The van der Waals surface area contributed by atoms with Crippen molar-refractivity contribution in [2.45, 2.75) is 12.9 Å². The number of rotatable bonds is 5. The molecular weight excluding hydrogens is 291 g/mol. The van der Waals surface area contributed by atoms with Crippen LogP contribution < -0.4 is 10.1 Å². The SMILES string of the molecule is O=C(O)c1ccoc1CNc1cccc(OC(F)(F)F)c1. The maximum Gasteiger partial charge on any atom is 0.573 e. The molecular formula is C13H10F3NO4. The number of carboxylic acid groups (broad SMARTS) is 1. The summed E-state index contributed by atoms with van der Waals surface area (Å²) in [7, 11) is 0. The van der Waals surface area contributed by atoms with Crippen LogP contribution in [0.1, 0.15) is 16.1 Å². The Bertz CT molecular complexity index is 636. The molecule has 0 saturated heterocycles. The van der Waals surface area contributed by atoms with Gasteiger partial charge < -0.3 is 19.6 Å². The maximum atomic E-state index is 12.1. The summed E-state index contributed by atoms with van der Waals surface area (Å²) in [5.41, 5.74) is 0.328. The predicted octanol–water partition coefficient (Wildman–Crippen LogP) is 3.49. The van der Waals surface area contributed by atoms with Crippen molar-refractivity contribution in [3.8, 4) is 5.75 Å². The van der Waals surface area contributed by atoms with E-state index in [0.29, 0.717) is 5.69 Å². The number of ether oxygens (including phenoxy) is 1. The van der Waals surface area contributed by atoms with Crippen LogP contribution in [0.2, 0.25) is 0 Å². The van der Waals surface area contributed by atoms with E-state index in [1.54, 1.807) is 0 Å². The summed E-state index contributed by atoms with van der Waals surface area (Å²) in [6.45, 7) is 0.0180. The van der Waals surface area contributed by atoms with Gasteiger partial charge in [0.15, 0.2) is 0 Å². The van der Waals surface area contributed by atoms with Gasteiger partial charge >= 0.3 is 12.3 Å². The first kappa shape index (κ1) is 14.8. The molecule has 2 aromatic rings. The third-order valence-corrected chi connectivity index (χ3v) is 2.50. The quantitative estimate of drug-likeness (QED) is 0.884. The van der Waals surface area contributed by atoms with Crippen LogP contribution in [0.4, 0.5) is 18.9 Å². The highest BCUT2D eigenvalue weighted by Gasteiger charge is 2.31. The minimum atomic E-state index is -4.77. The van der Waals surface area contributed by atoms with Gasteiger partial charge in [-0.1, -0.05) is 6.07 Å². The van der Waals surface area contributed by atoms with Gasteiger partial charge in [0.05, 0.1) is 12.8 Å². The van der Waals surface area contributed by atoms with Gasteiger partial charge in [0.1, 0.15) is 17.1 Å². The molecule has 2 N–H and O–H groups in total. The van der Waals surface area contributed by atoms with Crippen molar-refractivity contribution in [2.24, 2.45) is 0 Å². The van der Waals surface area contributed by atoms with Gasteiger partial charge in [-0.3, -0.25) is 0 Å². The highest BCUT2D eigenvalue weighted by atomic mass is 19.4. The van der Waals surface area contributed by atoms with Gasteiger partial charge in [0, 0.05) is 11.8 Å². The van der Waals surface area contributed by atoms with E-state index in [2.05, 4.69) is 10.1 Å². The van der Waals surface area contributed by atoms with Crippen LogP contribution >= 0.6 is 0 Å². The molecule has 8 heteroatoms. The van der Waals surface area contributed by atoms with Gasteiger partial charge in [-0.25, -0.2) is 4.79 Å². The molecule has 0 aliphatic heterocycles. The highest BCUT2D eigenvalue weighted by molar-refractivity contribution is 5.88. The lowest BCUT2D eigenvalue weighted by molar-refractivity contribution is -0.274. The van der Waals surface area contributed by atoms with Gasteiger partial charge in [0.2, 0.25) is 0 Å².